The molecule has 1 N–H and O–H groups in total. The van der Waals surface area contributed by atoms with Crippen molar-refractivity contribution in [3.05, 3.63) is 0 Å². The maximum atomic E-state index is 3.56. The maximum absolute atomic E-state index is 3.56. The Kier molecular flexibility index (Phi) is 4.74. The van der Waals surface area contributed by atoms with Gasteiger partial charge in [-0.05, 0) is 33.1 Å². The van der Waals surface area contributed by atoms with Gasteiger partial charge in [0, 0.05) is 18.6 Å². The van der Waals surface area contributed by atoms with Gasteiger partial charge in [-0.3, -0.25) is 5.43 Å². The molecule has 0 amide bonds. The molecule has 1 rings (SSSR count). The third-order valence-corrected chi connectivity index (χ3v) is 3.02. The molecule has 2 nitrogen and oxygen atoms in total. The van der Waals surface area contributed by atoms with Gasteiger partial charge in [0.1, 0.15) is 0 Å². The molecule has 2 atom stereocenters. The Morgan fingerprint density at radius 2 is 1.85 bits per heavy atom. The SMILES string of the molecule is CCCCNN1C(C)CCCC1C. The summed E-state index contributed by atoms with van der Waals surface area (Å²) in [7, 11) is 0. The van der Waals surface area contributed by atoms with Crippen molar-refractivity contribution >= 4 is 0 Å². The summed E-state index contributed by atoms with van der Waals surface area (Å²) in [6.45, 7) is 8.04. The third-order valence-electron chi connectivity index (χ3n) is 3.02. The van der Waals surface area contributed by atoms with Gasteiger partial charge >= 0.3 is 0 Å². The molecule has 0 aromatic heterocycles. The van der Waals surface area contributed by atoms with Gasteiger partial charge in [-0.1, -0.05) is 19.8 Å². The van der Waals surface area contributed by atoms with E-state index in [1.54, 1.807) is 0 Å². The highest BCUT2D eigenvalue weighted by molar-refractivity contribution is 4.76. The molecule has 0 spiro atoms. The Hall–Kier alpha value is -0.0800. The number of piperidine rings is 1. The Labute approximate surface area is 82.7 Å². The Morgan fingerprint density at radius 3 is 2.38 bits per heavy atom. The van der Waals surface area contributed by atoms with E-state index in [0.29, 0.717) is 0 Å². The minimum atomic E-state index is 0.723. The molecule has 0 aromatic carbocycles. The van der Waals surface area contributed by atoms with Crippen LogP contribution in [0.15, 0.2) is 0 Å². The summed E-state index contributed by atoms with van der Waals surface area (Å²) in [5.41, 5.74) is 3.56. The summed E-state index contributed by atoms with van der Waals surface area (Å²) < 4.78 is 0. The van der Waals surface area contributed by atoms with Crippen molar-refractivity contribution in [1.29, 1.82) is 0 Å². The lowest BCUT2D eigenvalue weighted by Gasteiger charge is -2.39. The summed E-state index contributed by atoms with van der Waals surface area (Å²) in [6, 6.07) is 1.45. The quantitative estimate of drug-likeness (QED) is 0.675. The number of hydrogen-bond donors (Lipinski definition) is 1. The zero-order chi connectivity index (χ0) is 9.68. The molecule has 0 aliphatic carbocycles. The van der Waals surface area contributed by atoms with Gasteiger partial charge in [-0.2, -0.15) is 0 Å². The molecular formula is C11H24N2. The first-order valence-corrected chi connectivity index (χ1v) is 5.77. The Balaban J connectivity index is 2.26. The number of hydrazine groups is 1. The molecular weight excluding hydrogens is 160 g/mol. The van der Waals surface area contributed by atoms with E-state index in [2.05, 4.69) is 31.2 Å². The van der Waals surface area contributed by atoms with Crippen LogP contribution in [0.5, 0.6) is 0 Å². The fraction of sp³-hybridized carbons (Fsp3) is 1.00. The molecule has 0 saturated carbocycles. The summed E-state index contributed by atoms with van der Waals surface area (Å²) in [4.78, 5) is 0. The van der Waals surface area contributed by atoms with Gasteiger partial charge in [0.05, 0.1) is 0 Å². The van der Waals surface area contributed by atoms with Crippen molar-refractivity contribution in [2.45, 2.75) is 65.0 Å². The number of unbranched alkanes of at least 4 members (excludes halogenated alkanes) is 1. The lowest BCUT2D eigenvalue weighted by Crippen LogP contribution is -2.52. The van der Waals surface area contributed by atoms with Gasteiger partial charge in [-0.15, -0.1) is 0 Å². The molecule has 13 heavy (non-hydrogen) atoms. The monoisotopic (exact) mass is 184 g/mol. The molecule has 2 unspecified atom stereocenters. The Morgan fingerprint density at radius 1 is 1.23 bits per heavy atom. The van der Waals surface area contributed by atoms with E-state index in [9.17, 15) is 0 Å². The van der Waals surface area contributed by atoms with Gasteiger partial charge in [-0.25, -0.2) is 5.01 Å². The van der Waals surface area contributed by atoms with Crippen LogP contribution in [-0.4, -0.2) is 23.6 Å². The first kappa shape index (κ1) is 11.0. The normalized spacial score (nSPS) is 30.7. The summed E-state index contributed by atoms with van der Waals surface area (Å²) in [5, 5.41) is 2.46. The van der Waals surface area contributed by atoms with E-state index in [0.717, 1.165) is 18.6 Å². The molecule has 0 bridgehead atoms. The number of nitrogens with zero attached hydrogens (tertiary/aromatic N) is 1. The van der Waals surface area contributed by atoms with Crippen LogP contribution < -0.4 is 5.43 Å². The first-order valence-electron chi connectivity index (χ1n) is 5.77. The third kappa shape index (κ3) is 3.28. The highest BCUT2D eigenvalue weighted by atomic mass is 15.5. The maximum Gasteiger partial charge on any atom is 0.0218 e. The largest absolute Gasteiger partial charge is 0.255 e. The van der Waals surface area contributed by atoms with Gasteiger partial charge in [0.15, 0.2) is 0 Å². The fourth-order valence-corrected chi connectivity index (χ4v) is 2.12. The van der Waals surface area contributed by atoms with E-state index >= 15 is 0 Å². The predicted molar refractivity (Wildman–Crippen MR) is 57.5 cm³/mol. The zero-order valence-corrected chi connectivity index (χ0v) is 9.34. The van der Waals surface area contributed by atoms with Crippen LogP contribution in [0.2, 0.25) is 0 Å². The number of rotatable bonds is 4. The van der Waals surface area contributed by atoms with Crippen LogP contribution in [0.1, 0.15) is 52.9 Å². The van der Waals surface area contributed by atoms with Crippen LogP contribution in [-0.2, 0) is 0 Å². The second-order valence-electron chi connectivity index (χ2n) is 4.30. The van der Waals surface area contributed by atoms with Crippen LogP contribution in [0.4, 0.5) is 0 Å². The van der Waals surface area contributed by atoms with Gasteiger partial charge in [0.25, 0.3) is 0 Å². The number of hydrogen-bond acceptors (Lipinski definition) is 2. The van der Waals surface area contributed by atoms with Crippen LogP contribution in [0.3, 0.4) is 0 Å². The standard InChI is InChI=1S/C11H24N2/c1-4-5-9-12-13-10(2)7-6-8-11(13)3/h10-12H,4-9H2,1-3H3. The fourth-order valence-electron chi connectivity index (χ4n) is 2.12. The average molecular weight is 184 g/mol. The minimum Gasteiger partial charge on any atom is -0.255 e. The molecule has 1 aliphatic heterocycles. The summed E-state index contributed by atoms with van der Waals surface area (Å²) in [5.74, 6) is 0. The van der Waals surface area contributed by atoms with Crippen LogP contribution in [0, 0.1) is 0 Å². The molecule has 1 aliphatic rings. The van der Waals surface area contributed by atoms with Crippen molar-refractivity contribution in [1.82, 2.24) is 10.4 Å². The molecule has 2 heteroatoms. The van der Waals surface area contributed by atoms with E-state index < -0.39 is 0 Å². The lowest BCUT2D eigenvalue weighted by atomic mass is 10.00. The van der Waals surface area contributed by atoms with Crippen molar-refractivity contribution in [2.75, 3.05) is 6.54 Å². The average Bonchev–Trinajstić information content (AvgIpc) is 2.10. The molecule has 1 fully saturated rings. The van der Waals surface area contributed by atoms with Crippen LogP contribution >= 0.6 is 0 Å². The molecule has 1 saturated heterocycles. The van der Waals surface area contributed by atoms with E-state index in [1.165, 1.54) is 32.1 Å². The van der Waals surface area contributed by atoms with Crippen molar-refractivity contribution in [3.8, 4) is 0 Å². The van der Waals surface area contributed by atoms with E-state index in [1.807, 2.05) is 0 Å². The van der Waals surface area contributed by atoms with Crippen molar-refractivity contribution in [2.24, 2.45) is 0 Å². The Bertz CT molecular complexity index is 126. The highest BCUT2D eigenvalue weighted by Gasteiger charge is 2.23. The lowest BCUT2D eigenvalue weighted by molar-refractivity contribution is 0.0461. The van der Waals surface area contributed by atoms with Gasteiger partial charge in [0.2, 0.25) is 0 Å². The zero-order valence-electron chi connectivity index (χ0n) is 9.34. The van der Waals surface area contributed by atoms with Crippen molar-refractivity contribution < 1.29 is 0 Å². The number of nitrogens with one attached hydrogen (secondary N) is 1. The summed E-state index contributed by atoms with van der Waals surface area (Å²) >= 11 is 0. The predicted octanol–water partition coefficient (Wildman–Crippen LogP) is 2.55. The summed E-state index contributed by atoms with van der Waals surface area (Å²) in [6.07, 6.45) is 6.67. The minimum absolute atomic E-state index is 0.723. The van der Waals surface area contributed by atoms with Crippen LogP contribution in [0.25, 0.3) is 0 Å². The smallest absolute Gasteiger partial charge is 0.0218 e. The highest BCUT2D eigenvalue weighted by Crippen LogP contribution is 2.19. The van der Waals surface area contributed by atoms with Gasteiger partial charge < -0.3 is 0 Å². The molecule has 0 aromatic rings. The van der Waals surface area contributed by atoms with Crippen molar-refractivity contribution in [3.63, 3.8) is 0 Å². The topological polar surface area (TPSA) is 15.3 Å². The van der Waals surface area contributed by atoms with E-state index in [4.69, 9.17) is 0 Å². The second-order valence-corrected chi connectivity index (χ2v) is 4.30. The molecule has 78 valence electrons. The molecule has 0 radical (unpaired) electrons. The second kappa shape index (κ2) is 5.61. The molecule has 1 heterocycles. The van der Waals surface area contributed by atoms with E-state index in [-0.39, 0.29) is 0 Å². The first-order chi connectivity index (χ1) is 6.25.